The molecule has 4 heteroatoms. The SMILES string of the molecule is O=C(Nc1ccccc1)c1ccccc1Nc1cccc(Br)c1. The van der Waals surface area contributed by atoms with Crippen LogP contribution in [-0.4, -0.2) is 5.91 Å². The van der Waals surface area contributed by atoms with Crippen LogP contribution in [-0.2, 0) is 0 Å². The summed E-state index contributed by atoms with van der Waals surface area (Å²) in [6.45, 7) is 0. The summed E-state index contributed by atoms with van der Waals surface area (Å²) < 4.78 is 0.980. The maximum atomic E-state index is 12.5. The highest BCUT2D eigenvalue weighted by Gasteiger charge is 2.11. The van der Waals surface area contributed by atoms with Crippen molar-refractivity contribution >= 4 is 38.9 Å². The largest absolute Gasteiger partial charge is 0.355 e. The van der Waals surface area contributed by atoms with Gasteiger partial charge in [-0.3, -0.25) is 4.79 Å². The van der Waals surface area contributed by atoms with E-state index in [9.17, 15) is 4.79 Å². The van der Waals surface area contributed by atoms with Gasteiger partial charge in [-0.1, -0.05) is 52.3 Å². The molecule has 114 valence electrons. The number of carbonyl (C=O) groups is 1. The molecule has 0 aromatic heterocycles. The minimum atomic E-state index is -0.144. The standard InChI is InChI=1S/C19H15BrN2O/c20-14-7-6-10-16(13-14)21-18-12-5-4-11-17(18)19(23)22-15-8-2-1-3-9-15/h1-13,21H,(H,22,23). The Hall–Kier alpha value is -2.59. The van der Waals surface area contributed by atoms with Gasteiger partial charge in [0, 0.05) is 15.8 Å². The van der Waals surface area contributed by atoms with E-state index in [1.54, 1.807) is 6.07 Å². The highest BCUT2D eigenvalue weighted by Crippen LogP contribution is 2.24. The second-order valence-electron chi connectivity index (χ2n) is 5.00. The van der Waals surface area contributed by atoms with Crippen LogP contribution in [0.3, 0.4) is 0 Å². The van der Waals surface area contributed by atoms with Crippen LogP contribution in [0.5, 0.6) is 0 Å². The number of halogens is 1. The molecule has 3 aromatic carbocycles. The summed E-state index contributed by atoms with van der Waals surface area (Å²) in [6.07, 6.45) is 0. The van der Waals surface area contributed by atoms with Gasteiger partial charge in [0.25, 0.3) is 5.91 Å². The van der Waals surface area contributed by atoms with Crippen LogP contribution in [0.1, 0.15) is 10.4 Å². The van der Waals surface area contributed by atoms with Crippen molar-refractivity contribution in [1.29, 1.82) is 0 Å². The van der Waals surface area contributed by atoms with Gasteiger partial charge >= 0.3 is 0 Å². The van der Waals surface area contributed by atoms with Crippen molar-refractivity contribution in [2.45, 2.75) is 0 Å². The number of rotatable bonds is 4. The lowest BCUT2D eigenvalue weighted by atomic mass is 10.1. The van der Waals surface area contributed by atoms with Crippen LogP contribution in [0.4, 0.5) is 17.1 Å². The van der Waals surface area contributed by atoms with E-state index in [2.05, 4.69) is 26.6 Å². The lowest BCUT2D eigenvalue weighted by molar-refractivity contribution is 0.102. The molecule has 0 aliphatic heterocycles. The third kappa shape index (κ3) is 3.99. The zero-order valence-corrected chi connectivity index (χ0v) is 13.9. The molecule has 0 unspecified atom stereocenters. The Morgan fingerprint density at radius 2 is 1.48 bits per heavy atom. The van der Waals surface area contributed by atoms with Crippen LogP contribution < -0.4 is 10.6 Å². The van der Waals surface area contributed by atoms with E-state index in [1.165, 1.54) is 0 Å². The Bertz CT molecular complexity index is 818. The van der Waals surface area contributed by atoms with Crippen molar-refractivity contribution in [2.24, 2.45) is 0 Å². The number of anilines is 3. The molecule has 2 N–H and O–H groups in total. The molecule has 1 amide bonds. The number of nitrogens with one attached hydrogen (secondary N) is 2. The lowest BCUT2D eigenvalue weighted by Gasteiger charge is -2.12. The molecule has 0 saturated carbocycles. The molecular formula is C19H15BrN2O. The predicted octanol–water partition coefficient (Wildman–Crippen LogP) is 5.45. The molecule has 0 aliphatic carbocycles. The molecule has 0 heterocycles. The molecule has 23 heavy (non-hydrogen) atoms. The van der Waals surface area contributed by atoms with E-state index in [1.807, 2.05) is 72.8 Å². The molecule has 3 rings (SSSR count). The molecule has 0 fully saturated rings. The zero-order chi connectivity index (χ0) is 16.1. The Morgan fingerprint density at radius 1 is 0.783 bits per heavy atom. The Balaban J connectivity index is 1.84. The van der Waals surface area contributed by atoms with Crippen molar-refractivity contribution in [3.63, 3.8) is 0 Å². The molecule has 3 aromatic rings. The Morgan fingerprint density at radius 3 is 2.26 bits per heavy atom. The highest BCUT2D eigenvalue weighted by atomic mass is 79.9. The second kappa shape index (κ2) is 7.11. The summed E-state index contributed by atoms with van der Waals surface area (Å²) in [5, 5.41) is 6.20. The first-order valence-electron chi connectivity index (χ1n) is 7.20. The summed E-state index contributed by atoms with van der Waals surface area (Å²) in [7, 11) is 0. The number of benzene rings is 3. The summed E-state index contributed by atoms with van der Waals surface area (Å²) in [4.78, 5) is 12.5. The normalized spacial score (nSPS) is 10.1. The molecule has 0 aliphatic rings. The lowest BCUT2D eigenvalue weighted by Crippen LogP contribution is -2.13. The zero-order valence-electron chi connectivity index (χ0n) is 12.3. The predicted molar refractivity (Wildman–Crippen MR) is 98.3 cm³/mol. The number of carbonyl (C=O) groups excluding carboxylic acids is 1. The van der Waals surface area contributed by atoms with Crippen LogP contribution in [0.25, 0.3) is 0 Å². The number of hydrogen-bond acceptors (Lipinski definition) is 2. The van der Waals surface area contributed by atoms with Gasteiger partial charge in [-0.15, -0.1) is 0 Å². The number of hydrogen-bond donors (Lipinski definition) is 2. The summed E-state index contributed by atoms with van der Waals surface area (Å²) in [5.74, 6) is -0.144. The third-order valence-corrected chi connectivity index (χ3v) is 3.80. The van der Waals surface area contributed by atoms with Gasteiger partial charge < -0.3 is 10.6 Å². The van der Waals surface area contributed by atoms with Crippen molar-refractivity contribution in [2.75, 3.05) is 10.6 Å². The minimum Gasteiger partial charge on any atom is -0.355 e. The van der Waals surface area contributed by atoms with Gasteiger partial charge in [-0.2, -0.15) is 0 Å². The van der Waals surface area contributed by atoms with Crippen LogP contribution in [0.15, 0.2) is 83.3 Å². The summed E-state index contributed by atoms with van der Waals surface area (Å²) in [5.41, 5.74) is 3.05. The fraction of sp³-hybridized carbons (Fsp3) is 0. The molecule has 0 atom stereocenters. The Labute approximate surface area is 143 Å². The maximum Gasteiger partial charge on any atom is 0.257 e. The second-order valence-corrected chi connectivity index (χ2v) is 5.92. The van der Waals surface area contributed by atoms with Crippen molar-refractivity contribution in [3.05, 3.63) is 88.9 Å². The first kappa shape index (κ1) is 15.3. The first-order valence-corrected chi connectivity index (χ1v) is 8.00. The average Bonchev–Trinajstić information content (AvgIpc) is 2.56. The Kier molecular flexibility index (Phi) is 4.74. The van der Waals surface area contributed by atoms with E-state index in [4.69, 9.17) is 0 Å². The van der Waals surface area contributed by atoms with E-state index in [-0.39, 0.29) is 5.91 Å². The highest BCUT2D eigenvalue weighted by molar-refractivity contribution is 9.10. The van der Waals surface area contributed by atoms with Gasteiger partial charge in [0.1, 0.15) is 0 Å². The maximum absolute atomic E-state index is 12.5. The molecule has 0 radical (unpaired) electrons. The molecule has 3 nitrogen and oxygen atoms in total. The first-order chi connectivity index (χ1) is 11.2. The van der Waals surface area contributed by atoms with E-state index >= 15 is 0 Å². The molecule has 0 bridgehead atoms. The summed E-state index contributed by atoms with van der Waals surface area (Å²) >= 11 is 3.45. The van der Waals surface area contributed by atoms with E-state index in [0.29, 0.717) is 5.56 Å². The van der Waals surface area contributed by atoms with Crippen LogP contribution in [0, 0.1) is 0 Å². The topological polar surface area (TPSA) is 41.1 Å². The average molecular weight is 367 g/mol. The number of para-hydroxylation sites is 2. The van der Waals surface area contributed by atoms with Crippen molar-refractivity contribution < 1.29 is 4.79 Å². The minimum absolute atomic E-state index is 0.144. The van der Waals surface area contributed by atoms with Crippen molar-refractivity contribution in [3.8, 4) is 0 Å². The van der Waals surface area contributed by atoms with Gasteiger partial charge in [0.2, 0.25) is 0 Å². The fourth-order valence-electron chi connectivity index (χ4n) is 2.23. The van der Waals surface area contributed by atoms with Crippen LogP contribution >= 0.6 is 15.9 Å². The smallest absolute Gasteiger partial charge is 0.257 e. The monoisotopic (exact) mass is 366 g/mol. The summed E-state index contributed by atoms with van der Waals surface area (Å²) in [6, 6.07) is 24.7. The van der Waals surface area contributed by atoms with Gasteiger partial charge in [0.15, 0.2) is 0 Å². The molecule has 0 spiro atoms. The van der Waals surface area contributed by atoms with Gasteiger partial charge in [-0.05, 0) is 42.5 Å². The van der Waals surface area contributed by atoms with E-state index in [0.717, 1.165) is 21.5 Å². The number of amides is 1. The quantitative estimate of drug-likeness (QED) is 0.644. The fourth-order valence-corrected chi connectivity index (χ4v) is 2.63. The van der Waals surface area contributed by atoms with Gasteiger partial charge in [-0.25, -0.2) is 0 Å². The van der Waals surface area contributed by atoms with Crippen LogP contribution in [0.2, 0.25) is 0 Å². The van der Waals surface area contributed by atoms with Gasteiger partial charge in [0.05, 0.1) is 11.3 Å². The molecular weight excluding hydrogens is 352 g/mol. The van der Waals surface area contributed by atoms with Crippen molar-refractivity contribution in [1.82, 2.24) is 0 Å². The third-order valence-electron chi connectivity index (χ3n) is 3.31. The van der Waals surface area contributed by atoms with E-state index < -0.39 is 0 Å². The molecule has 0 saturated heterocycles.